The Bertz CT molecular complexity index is 312. The molecule has 1 amide bonds. The Labute approximate surface area is 115 Å². The van der Waals surface area contributed by atoms with Crippen molar-refractivity contribution in [1.82, 2.24) is 9.80 Å². The summed E-state index contributed by atoms with van der Waals surface area (Å²) in [6, 6.07) is 0.0384. The van der Waals surface area contributed by atoms with E-state index < -0.39 is 17.3 Å². The predicted molar refractivity (Wildman–Crippen MR) is 74.3 cm³/mol. The number of likely N-dealkylation sites (tertiary alicyclic amines) is 1. The van der Waals surface area contributed by atoms with Crippen LogP contribution >= 0.6 is 0 Å². The molecule has 1 N–H and O–H groups in total. The van der Waals surface area contributed by atoms with Crippen molar-refractivity contribution in [2.45, 2.75) is 64.7 Å². The SMILES string of the molecule is CC(C)(F)CN1CCC(N(C(=O)O)C(C)(C)C)CC1. The van der Waals surface area contributed by atoms with Gasteiger partial charge in [0.2, 0.25) is 0 Å². The monoisotopic (exact) mass is 274 g/mol. The van der Waals surface area contributed by atoms with E-state index in [4.69, 9.17) is 0 Å². The Morgan fingerprint density at radius 2 is 1.74 bits per heavy atom. The Morgan fingerprint density at radius 3 is 2.05 bits per heavy atom. The first-order valence-corrected chi connectivity index (χ1v) is 6.94. The lowest BCUT2D eigenvalue weighted by Crippen LogP contribution is -2.55. The van der Waals surface area contributed by atoms with Crippen molar-refractivity contribution in [3.8, 4) is 0 Å². The molecular formula is C14H27FN2O2. The van der Waals surface area contributed by atoms with E-state index >= 15 is 0 Å². The van der Waals surface area contributed by atoms with Gasteiger partial charge in [-0.3, -0.25) is 0 Å². The van der Waals surface area contributed by atoms with Crippen molar-refractivity contribution < 1.29 is 14.3 Å². The first kappa shape index (κ1) is 16.2. The van der Waals surface area contributed by atoms with E-state index in [1.54, 1.807) is 18.7 Å². The maximum atomic E-state index is 13.6. The molecule has 1 saturated heterocycles. The van der Waals surface area contributed by atoms with Gasteiger partial charge in [-0.05, 0) is 47.5 Å². The molecule has 19 heavy (non-hydrogen) atoms. The number of nitrogens with zero attached hydrogens (tertiary/aromatic N) is 2. The van der Waals surface area contributed by atoms with Crippen LogP contribution < -0.4 is 0 Å². The Hall–Kier alpha value is -0.840. The molecule has 0 saturated carbocycles. The summed E-state index contributed by atoms with van der Waals surface area (Å²) in [6.45, 7) is 10.8. The first-order chi connectivity index (χ1) is 8.50. The van der Waals surface area contributed by atoms with Crippen LogP contribution in [-0.2, 0) is 0 Å². The van der Waals surface area contributed by atoms with E-state index in [1.165, 1.54) is 0 Å². The molecule has 5 heteroatoms. The highest BCUT2D eigenvalue weighted by atomic mass is 19.1. The number of piperidine rings is 1. The molecule has 1 aliphatic rings. The zero-order valence-corrected chi connectivity index (χ0v) is 12.7. The van der Waals surface area contributed by atoms with Crippen molar-refractivity contribution >= 4 is 6.09 Å². The molecule has 0 aromatic heterocycles. The van der Waals surface area contributed by atoms with E-state index in [9.17, 15) is 14.3 Å². The highest BCUT2D eigenvalue weighted by Crippen LogP contribution is 2.25. The number of hydrogen-bond acceptors (Lipinski definition) is 2. The smallest absolute Gasteiger partial charge is 0.407 e. The molecule has 0 unspecified atom stereocenters. The van der Waals surface area contributed by atoms with E-state index in [1.807, 2.05) is 20.8 Å². The van der Waals surface area contributed by atoms with Crippen LogP contribution in [0.2, 0.25) is 0 Å². The standard InChI is InChI=1S/C14H27FN2O2/c1-13(2,3)17(12(18)19)11-6-8-16(9-7-11)10-14(4,5)15/h11H,6-10H2,1-5H3,(H,18,19). The second-order valence-corrected chi connectivity index (χ2v) is 7.05. The molecule has 0 bridgehead atoms. The van der Waals surface area contributed by atoms with Crippen LogP contribution in [0.4, 0.5) is 9.18 Å². The van der Waals surface area contributed by atoms with Gasteiger partial charge in [-0.15, -0.1) is 0 Å². The van der Waals surface area contributed by atoms with Gasteiger partial charge in [0.1, 0.15) is 5.67 Å². The summed E-state index contributed by atoms with van der Waals surface area (Å²) in [5.41, 5.74) is -1.58. The zero-order valence-electron chi connectivity index (χ0n) is 12.7. The fourth-order valence-corrected chi connectivity index (χ4v) is 2.86. The third-order valence-electron chi connectivity index (χ3n) is 3.45. The van der Waals surface area contributed by atoms with Gasteiger partial charge >= 0.3 is 6.09 Å². The van der Waals surface area contributed by atoms with Crippen LogP contribution in [0.25, 0.3) is 0 Å². The van der Waals surface area contributed by atoms with Crippen molar-refractivity contribution in [3.63, 3.8) is 0 Å². The summed E-state index contributed by atoms with van der Waals surface area (Å²) in [6.07, 6.45) is 0.691. The average molecular weight is 274 g/mol. The van der Waals surface area contributed by atoms with Crippen LogP contribution in [0.5, 0.6) is 0 Å². The predicted octanol–water partition coefficient (Wildman–Crippen LogP) is 2.98. The van der Waals surface area contributed by atoms with Crippen molar-refractivity contribution in [1.29, 1.82) is 0 Å². The number of rotatable bonds is 3. The zero-order chi connectivity index (χ0) is 14.8. The second-order valence-electron chi connectivity index (χ2n) is 7.05. The molecule has 112 valence electrons. The topological polar surface area (TPSA) is 43.8 Å². The molecule has 1 fully saturated rings. The lowest BCUT2D eigenvalue weighted by molar-refractivity contribution is 0.0307. The Kier molecular flexibility index (Phi) is 4.82. The first-order valence-electron chi connectivity index (χ1n) is 6.94. The minimum absolute atomic E-state index is 0.0384. The van der Waals surface area contributed by atoms with Gasteiger partial charge in [-0.25, -0.2) is 9.18 Å². The molecule has 1 aliphatic heterocycles. The lowest BCUT2D eigenvalue weighted by Gasteiger charge is -2.44. The third kappa shape index (κ3) is 4.97. The molecule has 0 aromatic rings. The number of halogens is 1. The second kappa shape index (κ2) is 5.65. The van der Waals surface area contributed by atoms with Crippen molar-refractivity contribution in [2.24, 2.45) is 0 Å². The summed E-state index contributed by atoms with van der Waals surface area (Å²) in [5, 5.41) is 9.37. The molecule has 0 aliphatic carbocycles. The van der Waals surface area contributed by atoms with Crippen LogP contribution in [0.1, 0.15) is 47.5 Å². The van der Waals surface area contributed by atoms with Crippen molar-refractivity contribution in [2.75, 3.05) is 19.6 Å². The van der Waals surface area contributed by atoms with E-state index in [0.29, 0.717) is 6.54 Å². The number of amides is 1. The number of hydrogen-bond donors (Lipinski definition) is 1. The van der Waals surface area contributed by atoms with Gasteiger partial charge in [-0.1, -0.05) is 0 Å². The van der Waals surface area contributed by atoms with Crippen LogP contribution in [-0.4, -0.2) is 57.9 Å². The number of carbonyl (C=O) groups is 1. The molecule has 4 nitrogen and oxygen atoms in total. The molecule has 0 radical (unpaired) electrons. The quantitative estimate of drug-likeness (QED) is 0.860. The third-order valence-corrected chi connectivity index (χ3v) is 3.45. The van der Waals surface area contributed by atoms with E-state index in [0.717, 1.165) is 25.9 Å². The number of alkyl halides is 1. The fourth-order valence-electron chi connectivity index (χ4n) is 2.86. The molecule has 0 atom stereocenters. The highest BCUT2D eigenvalue weighted by Gasteiger charge is 2.35. The van der Waals surface area contributed by atoms with Crippen LogP contribution in [0, 0.1) is 0 Å². The van der Waals surface area contributed by atoms with Crippen molar-refractivity contribution in [3.05, 3.63) is 0 Å². The minimum atomic E-state index is -1.19. The maximum Gasteiger partial charge on any atom is 0.407 e. The normalized spacial score (nSPS) is 19.5. The van der Waals surface area contributed by atoms with Gasteiger partial charge in [0, 0.05) is 31.2 Å². The molecule has 1 heterocycles. The van der Waals surface area contributed by atoms with E-state index in [2.05, 4.69) is 4.90 Å². The summed E-state index contributed by atoms with van der Waals surface area (Å²) >= 11 is 0. The van der Waals surface area contributed by atoms with Gasteiger partial charge < -0.3 is 14.9 Å². The van der Waals surface area contributed by atoms with Gasteiger partial charge in [-0.2, -0.15) is 0 Å². The van der Waals surface area contributed by atoms with E-state index in [-0.39, 0.29) is 6.04 Å². The lowest BCUT2D eigenvalue weighted by atomic mass is 9.96. The summed E-state index contributed by atoms with van der Waals surface area (Å²) < 4.78 is 13.6. The largest absolute Gasteiger partial charge is 0.465 e. The van der Waals surface area contributed by atoms with Gasteiger partial charge in [0.25, 0.3) is 0 Å². The molecule has 0 spiro atoms. The average Bonchev–Trinajstić information content (AvgIpc) is 2.15. The number of carboxylic acid groups (broad SMARTS) is 1. The molecular weight excluding hydrogens is 247 g/mol. The minimum Gasteiger partial charge on any atom is -0.465 e. The van der Waals surface area contributed by atoms with Gasteiger partial charge in [0.05, 0.1) is 0 Å². The summed E-state index contributed by atoms with van der Waals surface area (Å²) in [4.78, 5) is 15.0. The Morgan fingerprint density at radius 1 is 1.26 bits per heavy atom. The highest BCUT2D eigenvalue weighted by molar-refractivity contribution is 5.66. The molecule has 1 rings (SSSR count). The maximum absolute atomic E-state index is 13.6. The fraction of sp³-hybridized carbons (Fsp3) is 0.929. The Balaban J connectivity index is 2.59. The van der Waals surface area contributed by atoms with Crippen LogP contribution in [0.3, 0.4) is 0 Å². The summed E-state index contributed by atoms with van der Waals surface area (Å²) in [5.74, 6) is 0. The van der Waals surface area contributed by atoms with Gasteiger partial charge in [0.15, 0.2) is 0 Å². The van der Waals surface area contributed by atoms with Crippen LogP contribution in [0.15, 0.2) is 0 Å². The summed E-state index contributed by atoms with van der Waals surface area (Å²) in [7, 11) is 0. The molecule has 0 aromatic carbocycles.